The van der Waals surface area contributed by atoms with Gasteiger partial charge in [0.05, 0.1) is 9.79 Å². The number of H-pyrrole nitrogens is 1. The molecule has 0 saturated carbocycles. The topological polar surface area (TPSA) is 79.4 Å². The third kappa shape index (κ3) is 3.47. The van der Waals surface area contributed by atoms with Gasteiger partial charge in [0.2, 0.25) is 9.84 Å². The lowest BCUT2D eigenvalue weighted by Gasteiger charge is -2.12. The lowest BCUT2D eigenvalue weighted by molar-refractivity contribution is 0.459. The number of aromatic amines is 1. The molecule has 6 heteroatoms. The molecule has 2 N–H and O–H groups in total. The summed E-state index contributed by atoms with van der Waals surface area (Å²) in [6.07, 6.45) is 1.51. The van der Waals surface area contributed by atoms with Crippen LogP contribution < -0.4 is 4.74 Å². The lowest BCUT2D eigenvalue weighted by Crippen LogP contribution is -2.01. The monoisotopic (exact) mass is 407 g/mol. The van der Waals surface area contributed by atoms with E-state index in [2.05, 4.69) is 4.98 Å². The Morgan fingerprint density at radius 3 is 2.21 bits per heavy atom. The van der Waals surface area contributed by atoms with Crippen LogP contribution in [0, 0.1) is 20.8 Å². The van der Waals surface area contributed by atoms with Gasteiger partial charge < -0.3 is 14.8 Å². The second-order valence-corrected chi connectivity index (χ2v) is 9.11. The molecule has 4 rings (SSSR count). The molecule has 1 heterocycles. The normalized spacial score (nSPS) is 11.7. The predicted molar refractivity (Wildman–Crippen MR) is 113 cm³/mol. The molecule has 4 aromatic rings. The van der Waals surface area contributed by atoms with Gasteiger partial charge in [0.25, 0.3) is 0 Å². The second-order valence-electron chi connectivity index (χ2n) is 7.19. The summed E-state index contributed by atoms with van der Waals surface area (Å²) < 4.78 is 32.3. The van der Waals surface area contributed by atoms with Gasteiger partial charge in [-0.3, -0.25) is 0 Å². The van der Waals surface area contributed by atoms with Gasteiger partial charge in [0, 0.05) is 17.1 Å². The average molecular weight is 407 g/mol. The van der Waals surface area contributed by atoms with Crippen LogP contribution in [0.3, 0.4) is 0 Å². The standard InChI is InChI=1S/C23H21NO4S/c1-14-4-7-19(8-5-14)29(26,27)22-13-24-21-9-6-18(12-20(21)22)28-23-15(2)10-17(25)11-16(23)3/h4-13,24-25H,1-3H3. The van der Waals surface area contributed by atoms with Crippen molar-refractivity contribution in [3.63, 3.8) is 0 Å². The van der Waals surface area contributed by atoms with E-state index < -0.39 is 9.84 Å². The smallest absolute Gasteiger partial charge is 0.208 e. The quantitative estimate of drug-likeness (QED) is 0.473. The van der Waals surface area contributed by atoms with Crippen molar-refractivity contribution in [1.82, 2.24) is 4.98 Å². The van der Waals surface area contributed by atoms with Crippen molar-refractivity contribution in [1.29, 1.82) is 0 Å². The second kappa shape index (κ2) is 6.97. The van der Waals surface area contributed by atoms with Gasteiger partial charge in [-0.15, -0.1) is 0 Å². The van der Waals surface area contributed by atoms with Gasteiger partial charge in [0.1, 0.15) is 17.2 Å². The summed E-state index contributed by atoms with van der Waals surface area (Å²) >= 11 is 0. The number of aromatic nitrogens is 1. The zero-order valence-corrected chi connectivity index (χ0v) is 17.2. The minimum absolute atomic E-state index is 0.180. The average Bonchev–Trinajstić information content (AvgIpc) is 3.09. The van der Waals surface area contributed by atoms with E-state index in [1.54, 1.807) is 54.6 Å². The molecule has 29 heavy (non-hydrogen) atoms. The first-order chi connectivity index (χ1) is 13.8. The maximum atomic E-state index is 13.1. The summed E-state index contributed by atoms with van der Waals surface area (Å²) in [6.45, 7) is 5.62. The molecule has 0 aliphatic carbocycles. The van der Waals surface area contributed by atoms with Crippen molar-refractivity contribution >= 4 is 20.7 Å². The van der Waals surface area contributed by atoms with Crippen molar-refractivity contribution in [2.24, 2.45) is 0 Å². The van der Waals surface area contributed by atoms with Gasteiger partial charge in [-0.2, -0.15) is 0 Å². The molecule has 1 aromatic heterocycles. The molecular weight excluding hydrogens is 386 g/mol. The van der Waals surface area contributed by atoms with Crippen molar-refractivity contribution in [2.75, 3.05) is 0 Å². The zero-order chi connectivity index (χ0) is 20.8. The highest BCUT2D eigenvalue weighted by Gasteiger charge is 2.22. The van der Waals surface area contributed by atoms with Crippen molar-refractivity contribution in [2.45, 2.75) is 30.6 Å². The molecule has 0 radical (unpaired) electrons. The van der Waals surface area contributed by atoms with E-state index in [4.69, 9.17) is 4.74 Å². The van der Waals surface area contributed by atoms with Crippen LogP contribution >= 0.6 is 0 Å². The third-order valence-corrected chi connectivity index (χ3v) is 6.71. The van der Waals surface area contributed by atoms with E-state index in [0.717, 1.165) is 16.7 Å². The van der Waals surface area contributed by atoms with Crippen LogP contribution in [0.1, 0.15) is 16.7 Å². The lowest BCUT2D eigenvalue weighted by atomic mass is 10.1. The van der Waals surface area contributed by atoms with Gasteiger partial charge in [-0.25, -0.2) is 8.42 Å². The van der Waals surface area contributed by atoms with Crippen molar-refractivity contribution < 1.29 is 18.3 Å². The maximum absolute atomic E-state index is 13.1. The van der Waals surface area contributed by atoms with E-state index in [-0.39, 0.29) is 15.5 Å². The van der Waals surface area contributed by atoms with Gasteiger partial charge in [0.15, 0.2) is 0 Å². The molecule has 5 nitrogen and oxygen atoms in total. The molecule has 0 fully saturated rings. The predicted octanol–water partition coefficient (Wildman–Crippen LogP) is 5.42. The molecule has 0 spiro atoms. The number of sulfone groups is 1. The number of hydrogen-bond donors (Lipinski definition) is 2. The molecule has 0 amide bonds. The van der Waals surface area contributed by atoms with Crippen LogP contribution in [0.2, 0.25) is 0 Å². The van der Waals surface area contributed by atoms with Crippen LogP contribution in [0.5, 0.6) is 17.2 Å². The number of phenols is 1. The summed E-state index contributed by atoms with van der Waals surface area (Å²) in [6, 6.07) is 15.4. The number of fused-ring (bicyclic) bond motifs is 1. The zero-order valence-electron chi connectivity index (χ0n) is 16.4. The molecule has 0 unspecified atom stereocenters. The van der Waals surface area contributed by atoms with Crippen LogP contribution in [-0.2, 0) is 9.84 Å². The highest BCUT2D eigenvalue weighted by Crippen LogP contribution is 2.35. The number of aromatic hydroxyl groups is 1. The SMILES string of the molecule is Cc1ccc(S(=O)(=O)c2c[nH]c3ccc(Oc4c(C)cc(O)cc4C)cc23)cc1. The summed E-state index contributed by atoms with van der Waals surface area (Å²) in [4.78, 5) is 3.49. The summed E-state index contributed by atoms with van der Waals surface area (Å²) in [5.41, 5.74) is 3.30. The fraction of sp³-hybridized carbons (Fsp3) is 0.130. The van der Waals surface area contributed by atoms with Crippen LogP contribution in [0.4, 0.5) is 0 Å². The Hall–Kier alpha value is -3.25. The summed E-state index contributed by atoms with van der Waals surface area (Å²) in [5, 5.41) is 10.3. The Morgan fingerprint density at radius 1 is 0.897 bits per heavy atom. The number of nitrogens with one attached hydrogen (secondary N) is 1. The Morgan fingerprint density at radius 2 is 1.55 bits per heavy atom. The molecule has 0 aliphatic heterocycles. The highest BCUT2D eigenvalue weighted by atomic mass is 32.2. The third-order valence-electron chi connectivity index (χ3n) is 4.90. The molecular formula is C23H21NO4S. The van der Waals surface area contributed by atoms with Crippen molar-refractivity contribution in [3.8, 4) is 17.2 Å². The summed E-state index contributed by atoms with van der Waals surface area (Å²) in [5.74, 6) is 1.34. The first-order valence-corrected chi connectivity index (χ1v) is 10.6. The molecule has 3 aromatic carbocycles. The van der Waals surface area contributed by atoms with Gasteiger partial charge in [-0.1, -0.05) is 17.7 Å². The van der Waals surface area contributed by atoms with E-state index in [1.165, 1.54) is 6.20 Å². The fourth-order valence-corrected chi connectivity index (χ4v) is 4.83. The Labute approximate surface area is 169 Å². The Balaban J connectivity index is 1.78. The Kier molecular flexibility index (Phi) is 4.59. The molecule has 0 aliphatic rings. The number of rotatable bonds is 4. The molecule has 0 saturated heterocycles. The number of hydrogen-bond acceptors (Lipinski definition) is 4. The minimum Gasteiger partial charge on any atom is -0.508 e. The van der Waals surface area contributed by atoms with Crippen LogP contribution in [-0.4, -0.2) is 18.5 Å². The minimum atomic E-state index is -3.67. The molecule has 148 valence electrons. The maximum Gasteiger partial charge on any atom is 0.208 e. The first kappa shape index (κ1) is 19.1. The van der Waals surface area contributed by atoms with E-state index in [1.807, 2.05) is 20.8 Å². The Bertz CT molecular complexity index is 1300. The first-order valence-electron chi connectivity index (χ1n) is 9.16. The van der Waals surface area contributed by atoms with Crippen molar-refractivity contribution in [3.05, 3.63) is 77.5 Å². The molecule has 0 atom stereocenters. The number of benzene rings is 3. The fourth-order valence-electron chi connectivity index (χ4n) is 3.41. The number of aryl methyl sites for hydroxylation is 3. The number of ether oxygens (including phenoxy) is 1. The van der Waals surface area contributed by atoms with E-state index >= 15 is 0 Å². The summed E-state index contributed by atoms with van der Waals surface area (Å²) in [7, 11) is -3.67. The van der Waals surface area contributed by atoms with Crippen LogP contribution in [0.15, 0.2) is 70.6 Å². The van der Waals surface area contributed by atoms with Gasteiger partial charge >= 0.3 is 0 Å². The molecule has 0 bridgehead atoms. The van der Waals surface area contributed by atoms with E-state index in [0.29, 0.717) is 22.4 Å². The largest absolute Gasteiger partial charge is 0.508 e. The van der Waals surface area contributed by atoms with E-state index in [9.17, 15) is 13.5 Å². The van der Waals surface area contributed by atoms with Gasteiger partial charge in [-0.05, 0) is 74.4 Å². The highest BCUT2D eigenvalue weighted by molar-refractivity contribution is 7.91. The number of phenolic OH excluding ortho intramolecular Hbond substituents is 1. The van der Waals surface area contributed by atoms with Crippen LogP contribution in [0.25, 0.3) is 10.9 Å².